The van der Waals surface area contributed by atoms with Gasteiger partial charge in [0.15, 0.2) is 4.90 Å². The third-order valence-electron chi connectivity index (χ3n) is 4.11. The minimum Gasteiger partial charge on any atom is -0.612 e. The molecule has 28 heavy (non-hydrogen) atoms. The summed E-state index contributed by atoms with van der Waals surface area (Å²) in [6.45, 7) is 0.362. The number of anilines is 1. The van der Waals surface area contributed by atoms with Gasteiger partial charge in [0.1, 0.15) is 30.0 Å². The van der Waals surface area contributed by atoms with E-state index in [9.17, 15) is 9.35 Å². The quantitative estimate of drug-likeness (QED) is 0.466. The molecular weight excluding hydrogens is 394 g/mol. The highest BCUT2D eigenvalue weighted by Crippen LogP contribution is 2.21. The minimum absolute atomic E-state index is 0.216. The summed E-state index contributed by atoms with van der Waals surface area (Å²) in [6.07, 6.45) is 1.64. The summed E-state index contributed by atoms with van der Waals surface area (Å²) in [5.41, 5.74) is 4.55. The zero-order chi connectivity index (χ0) is 19.5. The molecule has 142 valence electrons. The maximum Gasteiger partial charge on any atom is 0.272 e. The number of nitrogens with zero attached hydrogens (tertiary/aromatic N) is 1. The van der Waals surface area contributed by atoms with E-state index in [-0.39, 0.29) is 5.91 Å². The highest BCUT2D eigenvalue weighted by atomic mass is 32.2. The molecule has 0 saturated heterocycles. The Morgan fingerprint density at radius 2 is 2.07 bits per heavy atom. The zero-order valence-electron chi connectivity index (χ0n) is 15.0. The molecule has 2 heterocycles. The first-order chi connectivity index (χ1) is 13.6. The molecule has 0 spiro atoms. The summed E-state index contributed by atoms with van der Waals surface area (Å²) < 4.78 is 18.2. The number of rotatable bonds is 6. The van der Waals surface area contributed by atoms with Crippen LogP contribution >= 0.6 is 11.3 Å². The normalized spacial score (nSPS) is 12.1. The van der Waals surface area contributed by atoms with E-state index in [1.54, 1.807) is 42.1 Å². The maximum absolute atomic E-state index is 12.4. The third-order valence-corrected chi connectivity index (χ3v) is 5.83. The van der Waals surface area contributed by atoms with Gasteiger partial charge in [-0.1, -0.05) is 12.1 Å². The minimum atomic E-state index is -1.01. The summed E-state index contributed by atoms with van der Waals surface area (Å²) in [6, 6.07) is 16.5. The number of hydrogen-bond donors (Lipinski definition) is 2. The van der Waals surface area contributed by atoms with Gasteiger partial charge in [0.25, 0.3) is 5.91 Å². The number of fused-ring (bicyclic) bond motifs is 1. The Kier molecular flexibility index (Phi) is 5.34. The van der Waals surface area contributed by atoms with Crippen molar-refractivity contribution in [2.24, 2.45) is 0 Å². The number of nitrogens with one attached hydrogen (secondary N) is 2. The Hall–Kier alpha value is -2.81. The van der Waals surface area contributed by atoms with Crippen molar-refractivity contribution in [3.05, 3.63) is 71.4 Å². The van der Waals surface area contributed by atoms with Gasteiger partial charge < -0.3 is 19.6 Å². The number of carbonyl (C=O) groups is 1. The van der Waals surface area contributed by atoms with E-state index in [2.05, 4.69) is 15.3 Å². The lowest BCUT2D eigenvalue weighted by Gasteiger charge is -2.10. The van der Waals surface area contributed by atoms with Gasteiger partial charge in [-0.25, -0.2) is 4.98 Å². The Labute approximate surface area is 168 Å². The Morgan fingerprint density at radius 1 is 1.25 bits per heavy atom. The molecule has 2 aromatic heterocycles. The van der Waals surface area contributed by atoms with Crippen molar-refractivity contribution in [2.45, 2.75) is 11.5 Å². The average Bonchev–Trinajstić information content (AvgIpc) is 3.29. The SMILES string of the molecule is C[S+]([O-])c1ccc(OCc2cccc(NC(=O)c3cc4scnc4[nH]3)c2)cc1. The van der Waals surface area contributed by atoms with E-state index in [1.807, 2.05) is 24.3 Å². The van der Waals surface area contributed by atoms with Crippen LogP contribution in [0, 0.1) is 0 Å². The summed E-state index contributed by atoms with van der Waals surface area (Å²) >= 11 is 0.479. The van der Waals surface area contributed by atoms with Crippen LogP contribution in [0.5, 0.6) is 5.75 Å². The van der Waals surface area contributed by atoms with Crippen LogP contribution in [0.1, 0.15) is 16.1 Å². The summed E-state index contributed by atoms with van der Waals surface area (Å²) in [7, 11) is 0. The van der Waals surface area contributed by atoms with E-state index in [0.29, 0.717) is 23.7 Å². The van der Waals surface area contributed by atoms with Crippen LogP contribution < -0.4 is 10.1 Å². The maximum atomic E-state index is 12.4. The number of amides is 1. The molecule has 0 aliphatic rings. The second kappa shape index (κ2) is 8.05. The number of benzene rings is 2. The molecule has 1 atom stereocenters. The zero-order valence-corrected chi connectivity index (χ0v) is 16.6. The fourth-order valence-corrected chi connectivity index (χ4v) is 3.89. The molecule has 1 unspecified atom stereocenters. The number of carbonyl (C=O) groups excluding carboxylic acids is 1. The average molecular weight is 412 g/mol. The standard InChI is InChI=1S/C20H17N3O3S2/c1-28(25)16-7-5-15(6-8-16)26-11-13-3-2-4-14(9-13)22-20(24)17-10-18-19(23-17)21-12-27-18/h2-10,12,23H,11H2,1H3,(H,22,24). The molecule has 4 aromatic rings. The molecule has 0 bridgehead atoms. The largest absolute Gasteiger partial charge is 0.612 e. The molecule has 0 radical (unpaired) electrons. The van der Waals surface area contributed by atoms with Gasteiger partial charge in [-0.05, 0) is 59.2 Å². The first-order valence-corrected chi connectivity index (χ1v) is 10.9. The monoisotopic (exact) mass is 411 g/mol. The molecule has 2 aromatic carbocycles. The lowest BCUT2D eigenvalue weighted by molar-refractivity contribution is 0.102. The van der Waals surface area contributed by atoms with Gasteiger partial charge >= 0.3 is 0 Å². The lowest BCUT2D eigenvalue weighted by Crippen LogP contribution is -2.12. The van der Waals surface area contributed by atoms with Crippen LogP contribution in [-0.4, -0.2) is 26.7 Å². The van der Waals surface area contributed by atoms with Crippen molar-refractivity contribution in [1.29, 1.82) is 0 Å². The van der Waals surface area contributed by atoms with Crippen molar-refractivity contribution >= 4 is 44.5 Å². The first kappa shape index (κ1) is 18.5. The number of hydrogen-bond acceptors (Lipinski definition) is 5. The molecule has 6 nitrogen and oxygen atoms in total. The predicted molar refractivity (Wildman–Crippen MR) is 111 cm³/mol. The third kappa shape index (κ3) is 4.19. The van der Waals surface area contributed by atoms with Gasteiger partial charge in [0.05, 0.1) is 10.2 Å². The second-order valence-corrected chi connectivity index (χ2v) is 8.38. The molecule has 0 aliphatic heterocycles. The summed E-state index contributed by atoms with van der Waals surface area (Å²) in [4.78, 5) is 20.4. The summed E-state index contributed by atoms with van der Waals surface area (Å²) in [5, 5.41) is 2.88. The highest BCUT2D eigenvalue weighted by Gasteiger charge is 2.11. The number of aromatic amines is 1. The molecule has 8 heteroatoms. The van der Waals surface area contributed by atoms with E-state index in [0.717, 1.165) is 20.8 Å². The molecule has 0 saturated carbocycles. The van der Waals surface area contributed by atoms with Crippen molar-refractivity contribution in [3.8, 4) is 5.75 Å². The number of H-pyrrole nitrogens is 1. The topological polar surface area (TPSA) is 90.1 Å². The van der Waals surface area contributed by atoms with Crippen LogP contribution in [0.3, 0.4) is 0 Å². The van der Waals surface area contributed by atoms with Crippen molar-refractivity contribution in [1.82, 2.24) is 9.97 Å². The van der Waals surface area contributed by atoms with Gasteiger partial charge in [-0.2, -0.15) is 0 Å². The van der Waals surface area contributed by atoms with Crippen molar-refractivity contribution in [3.63, 3.8) is 0 Å². The Bertz CT molecular complexity index is 1070. The van der Waals surface area contributed by atoms with E-state index in [4.69, 9.17) is 4.74 Å². The smallest absolute Gasteiger partial charge is 0.272 e. The molecule has 0 aliphatic carbocycles. The van der Waals surface area contributed by atoms with Gasteiger partial charge in [0.2, 0.25) is 0 Å². The number of aromatic nitrogens is 2. The van der Waals surface area contributed by atoms with Gasteiger partial charge in [0, 0.05) is 5.69 Å². The Balaban J connectivity index is 1.39. The molecule has 4 rings (SSSR count). The summed E-state index contributed by atoms with van der Waals surface area (Å²) in [5.74, 6) is 0.481. The second-order valence-electron chi connectivity index (χ2n) is 6.12. The fraction of sp³-hybridized carbons (Fsp3) is 0.100. The van der Waals surface area contributed by atoms with Crippen LogP contribution in [0.15, 0.2) is 65.0 Å². The highest BCUT2D eigenvalue weighted by molar-refractivity contribution is 7.90. The Morgan fingerprint density at radius 3 is 2.82 bits per heavy atom. The van der Waals surface area contributed by atoms with Crippen LogP contribution in [0.2, 0.25) is 0 Å². The molecular formula is C20H17N3O3S2. The van der Waals surface area contributed by atoms with Crippen LogP contribution in [0.25, 0.3) is 10.3 Å². The molecule has 1 amide bonds. The van der Waals surface area contributed by atoms with E-state index < -0.39 is 11.2 Å². The van der Waals surface area contributed by atoms with Crippen LogP contribution in [-0.2, 0) is 17.8 Å². The van der Waals surface area contributed by atoms with E-state index in [1.165, 1.54) is 11.3 Å². The number of thiazole rings is 1. The molecule has 2 N–H and O–H groups in total. The fourth-order valence-electron chi connectivity index (χ4n) is 2.70. The van der Waals surface area contributed by atoms with Crippen molar-refractivity contribution < 1.29 is 14.1 Å². The van der Waals surface area contributed by atoms with Crippen molar-refractivity contribution in [2.75, 3.05) is 11.6 Å². The van der Waals surface area contributed by atoms with Gasteiger partial charge in [-0.15, -0.1) is 11.3 Å². The van der Waals surface area contributed by atoms with E-state index >= 15 is 0 Å². The van der Waals surface area contributed by atoms with Gasteiger partial charge in [-0.3, -0.25) is 4.79 Å². The molecule has 0 fully saturated rings. The lowest BCUT2D eigenvalue weighted by atomic mass is 10.2. The number of ether oxygens (including phenoxy) is 1. The predicted octanol–water partition coefficient (Wildman–Crippen LogP) is 4.19. The first-order valence-electron chi connectivity index (χ1n) is 8.47. The van der Waals surface area contributed by atoms with Crippen LogP contribution in [0.4, 0.5) is 5.69 Å².